The molecular weight excluding hydrogens is 520 g/mol. The van der Waals surface area contributed by atoms with Gasteiger partial charge in [0.1, 0.15) is 11.6 Å². The van der Waals surface area contributed by atoms with E-state index in [-0.39, 0.29) is 35.7 Å². The lowest BCUT2D eigenvalue weighted by molar-refractivity contribution is -0.125. The number of rotatable bonds is 8. The van der Waals surface area contributed by atoms with Crippen LogP contribution in [0.3, 0.4) is 0 Å². The fourth-order valence-electron chi connectivity index (χ4n) is 5.01. The van der Waals surface area contributed by atoms with E-state index in [0.29, 0.717) is 24.0 Å². The number of carbonyl (C=O) groups is 2. The first-order valence-electron chi connectivity index (χ1n) is 13.2. The maximum Gasteiger partial charge on any atom is 0.287 e. The van der Waals surface area contributed by atoms with E-state index in [0.717, 1.165) is 5.39 Å². The van der Waals surface area contributed by atoms with Crippen molar-refractivity contribution >= 4 is 32.8 Å². The second-order valence-electron chi connectivity index (χ2n) is 10.7. The van der Waals surface area contributed by atoms with Crippen LogP contribution in [0.15, 0.2) is 58.1 Å². The second kappa shape index (κ2) is 11.8. The highest BCUT2D eigenvalue weighted by Gasteiger charge is 2.37. The summed E-state index contributed by atoms with van der Waals surface area (Å²) in [5, 5.41) is 17.4. The number of benzene rings is 1. The van der Waals surface area contributed by atoms with E-state index in [1.807, 2.05) is 39.0 Å². The first kappa shape index (κ1) is 28.7. The number of amides is 2. The van der Waals surface area contributed by atoms with Gasteiger partial charge < -0.3 is 20.2 Å². The first-order chi connectivity index (χ1) is 18.5. The molecule has 1 aliphatic rings. The van der Waals surface area contributed by atoms with Gasteiger partial charge in [-0.1, -0.05) is 45.0 Å². The van der Waals surface area contributed by atoms with Crippen molar-refractivity contribution in [1.82, 2.24) is 19.9 Å². The third kappa shape index (κ3) is 6.48. The number of hydrogen-bond donors (Lipinski definition) is 3. The number of aryl methyl sites for hydroxylation is 1. The van der Waals surface area contributed by atoms with Gasteiger partial charge in [-0.25, -0.2) is 13.4 Å². The number of para-hydroxylation sites is 1. The highest BCUT2D eigenvalue weighted by Crippen LogP contribution is 2.26. The van der Waals surface area contributed by atoms with Gasteiger partial charge >= 0.3 is 0 Å². The number of furan rings is 1. The molecule has 4 atom stereocenters. The third-order valence-electron chi connectivity index (χ3n) is 6.98. The fourth-order valence-corrected chi connectivity index (χ4v) is 6.52. The van der Waals surface area contributed by atoms with Crippen LogP contribution in [0.2, 0.25) is 0 Å². The highest BCUT2D eigenvalue weighted by molar-refractivity contribution is 7.89. The SMILES string of the molecule is Cc1c(C(=O)N[C@@H](CC(C)C)C(=O)N[C@@H]2C[C@@H](C)CN(S(=O)(=O)c3ccccn3)C[C@H]2O)oc2ccccc12. The Labute approximate surface area is 228 Å². The lowest BCUT2D eigenvalue weighted by Crippen LogP contribution is -2.54. The fraction of sp³-hybridized carbons (Fsp3) is 0.464. The van der Waals surface area contributed by atoms with E-state index in [1.54, 1.807) is 25.1 Å². The van der Waals surface area contributed by atoms with Crippen molar-refractivity contribution in [3.8, 4) is 0 Å². The van der Waals surface area contributed by atoms with Crippen molar-refractivity contribution < 1.29 is 27.5 Å². The standard InChI is InChI=1S/C28H36N4O6S/c1-17(2)13-22(31-28(35)26-19(4)20-9-5-6-10-24(20)38-26)27(34)30-21-14-18(3)15-32(16-23(21)33)39(36,37)25-11-7-8-12-29-25/h5-12,17-18,21-23,33H,13-16H2,1-4H3,(H,30,34)(H,31,35)/t18-,21-,22+,23-/m1/s1. The predicted molar refractivity (Wildman–Crippen MR) is 146 cm³/mol. The molecule has 0 spiro atoms. The average Bonchev–Trinajstić information content (AvgIpc) is 3.16. The minimum atomic E-state index is -3.92. The second-order valence-corrected chi connectivity index (χ2v) is 12.6. The molecule has 10 nitrogen and oxygen atoms in total. The molecule has 0 bridgehead atoms. The molecule has 3 aromatic rings. The topological polar surface area (TPSA) is 142 Å². The van der Waals surface area contributed by atoms with Crippen LogP contribution in [0.1, 0.15) is 49.7 Å². The molecule has 3 heterocycles. The third-order valence-corrected chi connectivity index (χ3v) is 8.72. The molecule has 3 N–H and O–H groups in total. The normalized spacial score (nSPS) is 21.4. The summed E-state index contributed by atoms with van der Waals surface area (Å²) in [5.41, 5.74) is 1.28. The number of sulfonamides is 1. The van der Waals surface area contributed by atoms with Crippen LogP contribution in [0.4, 0.5) is 0 Å². The lowest BCUT2D eigenvalue weighted by Gasteiger charge is -2.27. The molecule has 2 aromatic heterocycles. The zero-order valence-electron chi connectivity index (χ0n) is 22.6. The first-order valence-corrected chi connectivity index (χ1v) is 14.6. The van der Waals surface area contributed by atoms with Gasteiger partial charge in [0, 0.05) is 30.2 Å². The predicted octanol–water partition coefficient (Wildman–Crippen LogP) is 2.86. The number of nitrogens with zero attached hydrogens (tertiary/aromatic N) is 2. The summed E-state index contributed by atoms with van der Waals surface area (Å²) in [6.07, 6.45) is 0.996. The molecule has 0 unspecified atom stereocenters. The van der Waals surface area contributed by atoms with Gasteiger partial charge in [0.2, 0.25) is 5.91 Å². The summed E-state index contributed by atoms with van der Waals surface area (Å²) < 4.78 is 33.3. The Morgan fingerprint density at radius 3 is 2.54 bits per heavy atom. The Hall–Kier alpha value is -3.28. The largest absolute Gasteiger partial charge is 0.451 e. The summed E-state index contributed by atoms with van der Waals surface area (Å²) in [7, 11) is -3.92. The Morgan fingerprint density at radius 2 is 1.87 bits per heavy atom. The highest BCUT2D eigenvalue weighted by atomic mass is 32.2. The molecular formula is C28H36N4O6S. The van der Waals surface area contributed by atoms with Gasteiger partial charge in [0.25, 0.3) is 15.9 Å². The number of nitrogens with one attached hydrogen (secondary N) is 2. The molecule has 39 heavy (non-hydrogen) atoms. The molecule has 11 heteroatoms. The number of pyridine rings is 1. The van der Waals surface area contributed by atoms with Crippen LogP contribution < -0.4 is 10.6 Å². The summed E-state index contributed by atoms with van der Waals surface area (Å²) in [4.78, 5) is 30.6. The van der Waals surface area contributed by atoms with E-state index < -0.39 is 40.0 Å². The van der Waals surface area contributed by atoms with Crippen LogP contribution in [0, 0.1) is 18.8 Å². The number of carbonyl (C=O) groups excluding carboxylic acids is 2. The van der Waals surface area contributed by atoms with Crippen molar-refractivity contribution in [2.45, 2.75) is 63.8 Å². The van der Waals surface area contributed by atoms with Crippen LogP contribution in [0.5, 0.6) is 0 Å². The lowest BCUT2D eigenvalue weighted by atomic mass is 9.98. The molecule has 1 aliphatic heterocycles. The minimum Gasteiger partial charge on any atom is -0.451 e. The summed E-state index contributed by atoms with van der Waals surface area (Å²) in [6.45, 7) is 7.55. The van der Waals surface area contributed by atoms with Crippen LogP contribution >= 0.6 is 0 Å². The van der Waals surface area contributed by atoms with Gasteiger partial charge in [-0.05, 0) is 49.8 Å². The maximum absolute atomic E-state index is 13.4. The zero-order chi connectivity index (χ0) is 28.3. The molecule has 1 saturated heterocycles. The van der Waals surface area contributed by atoms with Crippen molar-refractivity contribution in [2.24, 2.45) is 11.8 Å². The average molecular weight is 557 g/mol. The number of β-amino-alcohol motifs (C(OH)–C–C–N with tert-alkyl or cyclic N) is 1. The van der Waals surface area contributed by atoms with Gasteiger partial charge in [-0.2, -0.15) is 4.31 Å². The van der Waals surface area contributed by atoms with E-state index in [4.69, 9.17) is 4.42 Å². The van der Waals surface area contributed by atoms with Gasteiger partial charge in [-0.3, -0.25) is 9.59 Å². The monoisotopic (exact) mass is 556 g/mol. The summed E-state index contributed by atoms with van der Waals surface area (Å²) >= 11 is 0. The van der Waals surface area contributed by atoms with E-state index in [2.05, 4.69) is 15.6 Å². The number of aliphatic hydroxyl groups excluding tert-OH is 1. The Morgan fingerprint density at radius 1 is 1.15 bits per heavy atom. The van der Waals surface area contributed by atoms with Crippen LogP contribution in [-0.4, -0.2) is 65.9 Å². The molecule has 0 aliphatic carbocycles. The van der Waals surface area contributed by atoms with Crippen molar-refractivity contribution in [1.29, 1.82) is 0 Å². The number of aromatic nitrogens is 1. The smallest absolute Gasteiger partial charge is 0.287 e. The molecule has 210 valence electrons. The Bertz CT molecular complexity index is 1420. The Kier molecular flexibility index (Phi) is 8.73. The minimum absolute atomic E-state index is 0.0903. The number of aliphatic hydroxyl groups is 1. The van der Waals surface area contributed by atoms with Gasteiger partial charge in [0.05, 0.1) is 12.1 Å². The van der Waals surface area contributed by atoms with Gasteiger partial charge in [0.15, 0.2) is 10.8 Å². The molecule has 0 radical (unpaired) electrons. The van der Waals surface area contributed by atoms with Crippen molar-refractivity contribution in [3.05, 3.63) is 60.0 Å². The molecule has 1 fully saturated rings. The molecule has 2 amide bonds. The van der Waals surface area contributed by atoms with Crippen LogP contribution in [-0.2, 0) is 14.8 Å². The zero-order valence-corrected chi connectivity index (χ0v) is 23.4. The number of hydrogen-bond acceptors (Lipinski definition) is 7. The quantitative estimate of drug-likeness (QED) is 0.387. The Balaban J connectivity index is 1.49. The van der Waals surface area contributed by atoms with E-state index in [9.17, 15) is 23.1 Å². The van der Waals surface area contributed by atoms with Crippen molar-refractivity contribution in [3.63, 3.8) is 0 Å². The summed E-state index contributed by atoms with van der Waals surface area (Å²) in [5.74, 6) is -0.844. The van der Waals surface area contributed by atoms with E-state index >= 15 is 0 Å². The van der Waals surface area contributed by atoms with Gasteiger partial charge in [-0.15, -0.1) is 0 Å². The van der Waals surface area contributed by atoms with Crippen molar-refractivity contribution in [2.75, 3.05) is 13.1 Å². The maximum atomic E-state index is 13.4. The molecule has 0 saturated carbocycles. The number of fused-ring (bicyclic) bond motifs is 1. The molecule has 4 rings (SSSR count). The summed E-state index contributed by atoms with van der Waals surface area (Å²) in [6, 6.07) is 10.4. The van der Waals surface area contributed by atoms with Crippen LogP contribution in [0.25, 0.3) is 11.0 Å². The molecule has 1 aromatic carbocycles. The van der Waals surface area contributed by atoms with E-state index in [1.165, 1.54) is 16.6 Å².